The van der Waals surface area contributed by atoms with Crippen LogP contribution in [0, 0.1) is 0 Å². The van der Waals surface area contributed by atoms with Crippen LogP contribution in [-0.4, -0.2) is 47.4 Å². The second-order valence-electron chi connectivity index (χ2n) is 19.6. The second-order valence-corrected chi connectivity index (χ2v) is 19.6. The van der Waals surface area contributed by atoms with E-state index in [1.54, 1.807) is 6.08 Å². The molecule has 0 aliphatic heterocycles. The zero-order valence-corrected chi connectivity index (χ0v) is 43.0. The summed E-state index contributed by atoms with van der Waals surface area (Å²) in [5.74, 6) is -0.118. The van der Waals surface area contributed by atoms with E-state index in [4.69, 9.17) is 4.74 Å². The Bertz CT molecular complexity index is 997. The highest BCUT2D eigenvalue weighted by Crippen LogP contribution is 2.17. The van der Waals surface area contributed by atoms with Crippen LogP contribution in [0.2, 0.25) is 0 Å². The Morgan fingerprint density at radius 3 is 1.12 bits per heavy atom. The zero-order chi connectivity index (χ0) is 46.5. The summed E-state index contributed by atoms with van der Waals surface area (Å²) in [5, 5.41) is 23.2. The third-order valence-corrected chi connectivity index (χ3v) is 13.2. The van der Waals surface area contributed by atoms with E-state index in [1.165, 1.54) is 225 Å². The molecule has 6 heteroatoms. The van der Waals surface area contributed by atoms with Crippen molar-refractivity contribution in [2.24, 2.45) is 0 Å². The topological polar surface area (TPSA) is 95.9 Å². The summed E-state index contributed by atoms with van der Waals surface area (Å²) in [6.07, 6.45) is 64.8. The Morgan fingerprint density at radius 1 is 0.422 bits per heavy atom. The predicted octanol–water partition coefficient (Wildman–Crippen LogP) is 17.5. The van der Waals surface area contributed by atoms with Gasteiger partial charge in [0.1, 0.15) is 0 Å². The molecular weight excluding hydrogens is 791 g/mol. The molecule has 0 aromatic carbocycles. The van der Waals surface area contributed by atoms with Crippen molar-refractivity contribution in [1.29, 1.82) is 0 Å². The smallest absolute Gasteiger partial charge is 0.305 e. The molecule has 0 aliphatic carbocycles. The van der Waals surface area contributed by atoms with Crippen LogP contribution < -0.4 is 5.32 Å². The molecule has 0 aromatic heterocycles. The van der Waals surface area contributed by atoms with Gasteiger partial charge in [0.05, 0.1) is 25.4 Å². The van der Waals surface area contributed by atoms with Gasteiger partial charge in [-0.3, -0.25) is 9.59 Å². The predicted molar refractivity (Wildman–Crippen MR) is 278 cm³/mol. The molecule has 0 saturated carbocycles. The maximum absolute atomic E-state index is 12.5. The normalized spacial score (nSPS) is 12.8. The number of carbonyl (C=O) groups excluding carboxylic acids is 2. The maximum atomic E-state index is 12.5. The van der Waals surface area contributed by atoms with Crippen molar-refractivity contribution in [3.63, 3.8) is 0 Å². The Hall–Kier alpha value is -1.66. The summed E-state index contributed by atoms with van der Waals surface area (Å²) in [6, 6.07) is -0.646. The molecule has 0 heterocycles. The molecule has 0 rings (SSSR count). The molecular formula is C58H111NO5. The SMILES string of the molecule is CCCCCC/C=C\CCCCCCCC(=O)OCCCCCCCCCCCCC(=O)NC(CO)C(O)/C=C/CCCCCCCCCCCCCCCCCCCCCCCC. The lowest BCUT2D eigenvalue weighted by Gasteiger charge is -2.20. The van der Waals surface area contributed by atoms with E-state index in [2.05, 4.69) is 31.3 Å². The number of nitrogens with one attached hydrogen (secondary N) is 1. The minimum absolute atomic E-state index is 0.0294. The molecule has 378 valence electrons. The first kappa shape index (κ1) is 62.3. The number of hydrogen-bond acceptors (Lipinski definition) is 5. The highest BCUT2D eigenvalue weighted by atomic mass is 16.5. The number of esters is 1. The molecule has 3 N–H and O–H groups in total. The standard InChI is InChI=1S/C58H111NO5/c1-3-5-7-9-11-13-15-17-18-19-20-21-22-23-24-25-26-27-29-30-34-38-42-46-50-56(61)55(54-60)59-57(62)51-47-43-39-35-32-33-37-41-45-49-53-64-58(63)52-48-44-40-36-31-28-16-14-12-10-8-6-4-2/h14,16,46,50,55-56,60-61H,3-13,15,17-45,47-49,51-54H2,1-2H3,(H,59,62)/b16-14-,50-46+. The fourth-order valence-corrected chi connectivity index (χ4v) is 8.81. The van der Waals surface area contributed by atoms with Crippen molar-refractivity contribution in [1.82, 2.24) is 5.32 Å². The number of allylic oxidation sites excluding steroid dienone is 3. The number of hydrogen-bond donors (Lipinski definition) is 3. The largest absolute Gasteiger partial charge is 0.466 e. The first-order valence-corrected chi connectivity index (χ1v) is 28.6. The summed E-state index contributed by atoms with van der Waals surface area (Å²) >= 11 is 0. The van der Waals surface area contributed by atoms with Gasteiger partial charge in [-0.2, -0.15) is 0 Å². The van der Waals surface area contributed by atoms with Crippen LogP contribution >= 0.6 is 0 Å². The third kappa shape index (κ3) is 49.8. The van der Waals surface area contributed by atoms with Gasteiger partial charge in [-0.25, -0.2) is 0 Å². The van der Waals surface area contributed by atoms with Gasteiger partial charge in [-0.1, -0.05) is 263 Å². The molecule has 64 heavy (non-hydrogen) atoms. The van der Waals surface area contributed by atoms with Crippen LogP contribution in [0.5, 0.6) is 0 Å². The zero-order valence-electron chi connectivity index (χ0n) is 43.0. The molecule has 1 amide bonds. The van der Waals surface area contributed by atoms with Crippen molar-refractivity contribution in [2.45, 2.75) is 321 Å². The average Bonchev–Trinajstić information content (AvgIpc) is 3.29. The maximum Gasteiger partial charge on any atom is 0.305 e. The molecule has 0 radical (unpaired) electrons. The van der Waals surface area contributed by atoms with Gasteiger partial charge in [0.25, 0.3) is 0 Å². The molecule has 2 atom stereocenters. The lowest BCUT2D eigenvalue weighted by molar-refractivity contribution is -0.143. The number of unbranched alkanes of at least 4 members (excludes halogenated alkanes) is 40. The average molecular weight is 903 g/mol. The summed E-state index contributed by atoms with van der Waals surface area (Å²) in [5.41, 5.74) is 0. The lowest BCUT2D eigenvalue weighted by atomic mass is 10.0. The highest BCUT2D eigenvalue weighted by Gasteiger charge is 2.18. The van der Waals surface area contributed by atoms with E-state index in [-0.39, 0.29) is 18.5 Å². The molecule has 0 aromatic rings. The summed E-state index contributed by atoms with van der Waals surface area (Å²) < 4.78 is 5.45. The summed E-state index contributed by atoms with van der Waals surface area (Å²) in [7, 11) is 0. The lowest BCUT2D eigenvalue weighted by Crippen LogP contribution is -2.45. The van der Waals surface area contributed by atoms with Crippen LogP contribution in [-0.2, 0) is 14.3 Å². The number of rotatable bonds is 53. The molecule has 0 bridgehead atoms. The van der Waals surface area contributed by atoms with Crippen molar-refractivity contribution in [3.8, 4) is 0 Å². The van der Waals surface area contributed by atoms with E-state index in [0.29, 0.717) is 19.4 Å². The minimum atomic E-state index is -0.860. The van der Waals surface area contributed by atoms with Gasteiger partial charge in [0, 0.05) is 12.8 Å². The van der Waals surface area contributed by atoms with Crippen molar-refractivity contribution in [2.75, 3.05) is 13.2 Å². The first-order chi connectivity index (χ1) is 31.5. The highest BCUT2D eigenvalue weighted by molar-refractivity contribution is 5.76. The van der Waals surface area contributed by atoms with Crippen LogP contribution in [0.3, 0.4) is 0 Å². The monoisotopic (exact) mass is 902 g/mol. The molecule has 2 unspecified atom stereocenters. The van der Waals surface area contributed by atoms with Crippen LogP contribution in [0.4, 0.5) is 0 Å². The Balaban J connectivity index is 3.51. The van der Waals surface area contributed by atoms with E-state index in [9.17, 15) is 19.8 Å². The van der Waals surface area contributed by atoms with Gasteiger partial charge >= 0.3 is 5.97 Å². The number of amides is 1. The minimum Gasteiger partial charge on any atom is -0.466 e. The Kier molecular flexibility index (Phi) is 52.6. The van der Waals surface area contributed by atoms with Crippen molar-refractivity contribution >= 4 is 11.9 Å². The first-order valence-electron chi connectivity index (χ1n) is 28.6. The number of ether oxygens (including phenoxy) is 1. The molecule has 0 aliphatic rings. The Labute approximate surface area is 399 Å². The van der Waals surface area contributed by atoms with Crippen LogP contribution in [0.1, 0.15) is 309 Å². The quantitative estimate of drug-likeness (QED) is 0.0321. The number of aliphatic hydroxyl groups is 2. The molecule has 6 nitrogen and oxygen atoms in total. The van der Waals surface area contributed by atoms with Crippen molar-refractivity contribution in [3.05, 3.63) is 24.3 Å². The fraction of sp³-hybridized carbons (Fsp3) is 0.897. The van der Waals surface area contributed by atoms with Gasteiger partial charge < -0.3 is 20.3 Å². The van der Waals surface area contributed by atoms with Crippen LogP contribution in [0.25, 0.3) is 0 Å². The fourth-order valence-electron chi connectivity index (χ4n) is 8.81. The molecule has 0 fully saturated rings. The van der Waals surface area contributed by atoms with Crippen molar-refractivity contribution < 1.29 is 24.5 Å². The molecule has 0 saturated heterocycles. The summed E-state index contributed by atoms with van der Waals surface area (Å²) in [4.78, 5) is 24.5. The second kappa shape index (κ2) is 54.0. The number of aliphatic hydroxyl groups excluding tert-OH is 2. The van der Waals surface area contributed by atoms with E-state index >= 15 is 0 Å². The van der Waals surface area contributed by atoms with Gasteiger partial charge in [-0.05, 0) is 57.8 Å². The van der Waals surface area contributed by atoms with Gasteiger partial charge in [0.15, 0.2) is 0 Å². The van der Waals surface area contributed by atoms with Gasteiger partial charge in [-0.15, -0.1) is 0 Å². The van der Waals surface area contributed by atoms with Crippen LogP contribution in [0.15, 0.2) is 24.3 Å². The van der Waals surface area contributed by atoms with E-state index in [1.807, 2.05) is 6.08 Å². The third-order valence-electron chi connectivity index (χ3n) is 13.2. The Morgan fingerprint density at radius 2 is 0.734 bits per heavy atom. The molecule has 0 spiro atoms. The number of carbonyl (C=O) groups is 2. The van der Waals surface area contributed by atoms with E-state index in [0.717, 1.165) is 57.8 Å². The summed E-state index contributed by atoms with van der Waals surface area (Å²) in [6.45, 7) is 4.85. The van der Waals surface area contributed by atoms with Gasteiger partial charge in [0.2, 0.25) is 5.91 Å². The van der Waals surface area contributed by atoms with E-state index < -0.39 is 12.1 Å².